The van der Waals surface area contributed by atoms with Crippen LogP contribution in [0.4, 0.5) is 0 Å². The van der Waals surface area contributed by atoms with Gasteiger partial charge in [-0.3, -0.25) is 4.90 Å². The molecule has 86 valence electrons. The number of hydrogen-bond donors (Lipinski definition) is 1. The maximum atomic E-state index is 5.11. The molecule has 3 heteroatoms. The van der Waals surface area contributed by atoms with Crippen LogP contribution < -0.4 is 0 Å². The van der Waals surface area contributed by atoms with E-state index in [0.717, 1.165) is 25.4 Å². The minimum atomic E-state index is 0.596. The van der Waals surface area contributed by atoms with Crippen molar-refractivity contribution in [2.24, 2.45) is 5.92 Å². The maximum Gasteiger partial charge on any atom is 0.0589 e. The van der Waals surface area contributed by atoms with E-state index in [9.17, 15) is 0 Å². The Morgan fingerprint density at radius 1 is 1.36 bits per heavy atom. The molecule has 0 amide bonds. The quantitative estimate of drug-likeness (QED) is 0.629. The van der Waals surface area contributed by atoms with E-state index in [-0.39, 0.29) is 0 Å². The van der Waals surface area contributed by atoms with Crippen LogP contribution in [0.5, 0.6) is 0 Å². The highest BCUT2D eigenvalue weighted by Gasteiger charge is 2.13. The summed E-state index contributed by atoms with van der Waals surface area (Å²) in [6.45, 7) is 9.69. The van der Waals surface area contributed by atoms with Crippen LogP contribution in [0.15, 0.2) is 0 Å². The van der Waals surface area contributed by atoms with E-state index in [1.165, 1.54) is 6.42 Å². The molecule has 1 unspecified atom stereocenters. The largest absolute Gasteiger partial charge is 0.383 e. The maximum absolute atomic E-state index is 5.11. The van der Waals surface area contributed by atoms with Gasteiger partial charge in [0.25, 0.3) is 0 Å². The minimum absolute atomic E-state index is 0.596. The van der Waals surface area contributed by atoms with Crippen molar-refractivity contribution in [2.45, 2.75) is 33.2 Å². The van der Waals surface area contributed by atoms with Crippen LogP contribution in [0.2, 0.25) is 0 Å². The first kappa shape index (κ1) is 14.3. The second-order valence-corrected chi connectivity index (χ2v) is 4.40. The molecular formula is C11H25NOS. The van der Waals surface area contributed by atoms with Gasteiger partial charge in [0.15, 0.2) is 0 Å². The SMILES string of the molecule is CCC(CS)CN(CCOC)C(C)C. The Kier molecular flexibility index (Phi) is 8.73. The van der Waals surface area contributed by atoms with Gasteiger partial charge in [-0.15, -0.1) is 0 Å². The molecule has 0 spiro atoms. The zero-order chi connectivity index (χ0) is 11.0. The Balaban J connectivity index is 3.93. The third-order valence-corrected chi connectivity index (χ3v) is 3.16. The molecule has 0 rings (SSSR count). The predicted octanol–water partition coefficient (Wildman–Crippen LogP) is 2.30. The van der Waals surface area contributed by atoms with E-state index < -0.39 is 0 Å². The van der Waals surface area contributed by atoms with Gasteiger partial charge in [0, 0.05) is 26.2 Å². The Morgan fingerprint density at radius 2 is 2.00 bits per heavy atom. The Labute approximate surface area is 94.4 Å². The topological polar surface area (TPSA) is 12.5 Å². The van der Waals surface area contributed by atoms with Crippen LogP contribution in [0.3, 0.4) is 0 Å². The predicted molar refractivity (Wildman–Crippen MR) is 66.2 cm³/mol. The van der Waals surface area contributed by atoms with Gasteiger partial charge in [-0.05, 0) is 25.5 Å². The minimum Gasteiger partial charge on any atom is -0.383 e. The molecule has 0 fully saturated rings. The van der Waals surface area contributed by atoms with Crippen molar-refractivity contribution in [1.82, 2.24) is 4.90 Å². The Bertz CT molecular complexity index is 126. The molecule has 0 bridgehead atoms. The molecule has 0 heterocycles. The van der Waals surface area contributed by atoms with Gasteiger partial charge in [-0.1, -0.05) is 13.3 Å². The van der Waals surface area contributed by atoms with Crippen molar-refractivity contribution >= 4 is 12.6 Å². The Morgan fingerprint density at radius 3 is 2.36 bits per heavy atom. The molecule has 2 nitrogen and oxygen atoms in total. The van der Waals surface area contributed by atoms with Crippen LogP contribution in [-0.4, -0.2) is 43.5 Å². The number of hydrogen-bond acceptors (Lipinski definition) is 3. The summed E-state index contributed by atoms with van der Waals surface area (Å²) in [4.78, 5) is 2.47. The summed E-state index contributed by atoms with van der Waals surface area (Å²) in [6.07, 6.45) is 1.21. The first-order chi connectivity index (χ1) is 6.65. The van der Waals surface area contributed by atoms with E-state index in [1.54, 1.807) is 7.11 Å². The molecule has 0 aliphatic carbocycles. The van der Waals surface area contributed by atoms with Gasteiger partial charge < -0.3 is 4.74 Å². The number of ether oxygens (including phenoxy) is 1. The van der Waals surface area contributed by atoms with E-state index in [0.29, 0.717) is 12.0 Å². The summed E-state index contributed by atoms with van der Waals surface area (Å²) < 4.78 is 5.11. The van der Waals surface area contributed by atoms with Crippen LogP contribution >= 0.6 is 12.6 Å². The van der Waals surface area contributed by atoms with Gasteiger partial charge in [-0.25, -0.2) is 0 Å². The highest BCUT2D eigenvalue weighted by atomic mass is 32.1. The van der Waals surface area contributed by atoms with Crippen molar-refractivity contribution in [2.75, 3.05) is 32.6 Å². The molecule has 0 N–H and O–H groups in total. The standard InChI is InChI=1S/C11H25NOS/c1-5-11(9-14)8-12(10(2)3)6-7-13-4/h10-11,14H,5-9H2,1-4H3. The molecule has 0 aromatic carbocycles. The van der Waals surface area contributed by atoms with Crippen LogP contribution in [-0.2, 0) is 4.74 Å². The highest BCUT2D eigenvalue weighted by Crippen LogP contribution is 2.09. The van der Waals surface area contributed by atoms with Crippen LogP contribution in [0, 0.1) is 5.92 Å². The molecule has 0 aromatic rings. The average Bonchev–Trinajstić information content (AvgIpc) is 2.18. The lowest BCUT2D eigenvalue weighted by Gasteiger charge is -2.29. The van der Waals surface area contributed by atoms with E-state index in [2.05, 4.69) is 38.3 Å². The summed E-state index contributed by atoms with van der Waals surface area (Å²) in [5.74, 6) is 1.68. The second-order valence-electron chi connectivity index (χ2n) is 4.04. The fourth-order valence-electron chi connectivity index (χ4n) is 1.42. The van der Waals surface area contributed by atoms with Crippen LogP contribution in [0.25, 0.3) is 0 Å². The third kappa shape index (κ3) is 5.89. The van der Waals surface area contributed by atoms with Crippen LogP contribution in [0.1, 0.15) is 27.2 Å². The van der Waals surface area contributed by atoms with E-state index in [4.69, 9.17) is 4.74 Å². The van der Waals surface area contributed by atoms with Crippen molar-refractivity contribution in [3.63, 3.8) is 0 Å². The van der Waals surface area contributed by atoms with Crippen molar-refractivity contribution in [1.29, 1.82) is 0 Å². The number of thiol groups is 1. The first-order valence-corrected chi connectivity index (χ1v) is 6.12. The normalized spacial score (nSPS) is 13.9. The number of rotatable bonds is 8. The summed E-state index contributed by atoms with van der Waals surface area (Å²) in [7, 11) is 1.76. The van der Waals surface area contributed by atoms with E-state index >= 15 is 0 Å². The van der Waals surface area contributed by atoms with Gasteiger partial charge in [0.1, 0.15) is 0 Å². The molecule has 0 radical (unpaired) electrons. The molecule has 0 aliphatic rings. The number of methoxy groups -OCH3 is 1. The fraction of sp³-hybridized carbons (Fsp3) is 1.00. The molecule has 14 heavy (non-hydrogen) atoms. The van der Waals surface area contributed by atoms with Crippen molar-refractivity contribution in [3.05, 3.63) is 0 Å². The second kappa shape index (κ2) is 8.57. The summed E-state index contributed by atoms with van der Waals surface area (Å²) in [6, 6.07) is 0.596. The molecule has 1 atom stereocenters. The smallest absolute Gasteiger partial charge is 0.0589 e. The summed E-state index contributed by atoms with van der Waals surface area (Å²) in [5, 5.41) is 0. The highest BCUT2D eigenvalue weighted by molar-refractivity contribution is 7.80. The first-order valence-electron chi connectivity index (χ1n) is 5.49. The third-order valence-electron chi connectivity index (χ3n) is 2.64. The van der Waals surface area contributed by atoms with Gasteiger partial charge >= 0.3 is 0 Å². The summed E-state index contributed by atoms with van der Waals surface area (Å²) in [5.41, 5.74) is 0. The van der Waals surface area contributed by atoms with Crippen molar-refractivity contribution < 1.29 is 4.74 Å². The van der Waals surface area contributed by atoms with Gasteiger partial charge in [0.05, 0.1) is 6.61 Å². The van der Waals surface area contributed by atoms with Gasteiger partial charge in [0.2, 0.25) is 0 Å². The summed E-state index contributed by atoms with van der Waals surface area (Å²) >= 11 is 4.37. The molecule has 0 saturated heterocycles. The Hall–Kier alpha value is 0.270. The zero-order valence-corrected chi connectivity index (χ0v) is 10.9. The van der Waals surface area contributed by atoms with E-state index in [1.807, 2.05) is 0 Å². The molecule has 0 aromatic heterocycles. The lowest BCUT2D eigenvalue weighted by Crippen LogP contribution is -2.38. The molecular weight excluding hydrogens is 194 g/mol. The molecule has 0 saturated carbocycles. The zero-order valence-electron chi connectivity index (χ0n) is 9.99. The monoisotopic (exact) mass is 219 g/mol. The fourth-order valence-corrected chi connectivity index (χ4v) is 1.79. The van der Waals surface area contributed by atoms with Crippen molar-refractivity contribution in [3.8, 4) is 0 Å². The lowest BCUT2D eigenvalue weighted by atomic mass is 10.1. The molecule has 0 aliphatic heterocycles. The van der Waals surface area contributed by atoms with Gasteiger partial charge in [-0.2, -0.15) is 12.6 Å². The lowest BCUT2D eigenvalue weighted by molar-refractivity contribution is 0.118. The average molecular weight is 219 g/mol. The number of nitrogens with zero attached hydrogens (tertiary/aromatic N) is 1.